The topological polar surface area (TPSA) is 69.7 Å². The molecular formula is C13H18O5S. The van der Waals surface area contributed by atoms with E-state index in [2.05, 4.69) is 0 Å². The summed E-state index contributed by atoms with van der Waals surface area (Å²) in [6, 6.07) is 5.86. The lowest BCUT2D eigenvalue weighted by Gasteiger charge is -2.19. The number of rotatable bonds is 4. The predicted molar refractivity (Wildman–Crippen MR) is 70.9 cm³/mol. The van der Waals surface area contributed by atoms with Crippen LogP contribution in [0.1, 0.15) is 20.8 Å². The highest BCUT2D eigenvalue weighted by Gasteiger charge is 2.24. The number of carbonyl (C=O) groups excluding carboxylic acids is 1. The van der Waals surface area contributed by atoms with Gasteiger partial charge in [0.05, 0.1) is 12.0 Å². The number of hydrogen-bond acceptors (Lipinski definition) is 5. The molecule has 6 heteroatoms. The number of hydrogen-bond donors (Lipinski definition) is 0. The van der Waals surface area contributed by atoms with Crippen LogP contribution >= 0.6 is 0 Å². The summed E-state index contributed by atoms with van der Waals surface area (Å²) < 4.78 is 33.9. The van der Waals surface area contributed by atoms with Gasteiger partial charge in [0.2, 0.25) is 0 Å². The van der Waals surface area contributed by atoms with E-state index in [9.17, 15) is 13.2 Å². The fraction of sp³-hybridized carbons (Fsp3) is 0.462. The van der Waals surface area contributed by atoms with E-state index in [4.69, 9.17) is 9.47 Å². The van der Waals surface area contributed by atoms with Crippen molar-refractivity contribution < 1.29 is 22.7 Å². The van der Waals surface area contributed by atoms with Gasteiger partial charge in [-0.05, 0) is 45.0 Å². The third-order valence-electron chi connectivity index (χ3n) is 2.15. The molecule has 0 radical (unpaired) electrons. The molecule has 0 bridgehead atoms. The predicted octanol–water partition coefficient (Wildman–Crippen LogP) is 1.81. The summed E-state index contributed by atoms with van der Waals surface area (Å²) in [4.78, 5) is 11.6. The zero-order valence-corrected chi connectivity index (χ0v) is 12.3. The first-order valence-corrected chi connectivity index (χ1v) is 7.38. The van der Waals surface area contributed by atoms with Crippen LogP contribution in [-0.2, 0) is 19.4 Å². The highest BCUT2D eigenvalue weighted by atomic mass is 32.2. The van der Waals surface area contributed by atoms with E-state index < -0.39 is 27.2 Å². The minimum Gasteiger partial charge on any atom is -0.497 e. The molecule has 1 aromatic carbocycles. The third-order valence-corrected chi connectivity index (χ3v) is 3.75. The van der Waals surface area contributed by atoms with Crippen molar-refractivity contribution in [3.63, 3.8) is 0 Å². The fourth-order valence-corrected chi connectivity index (χ4v) is 2.48. The van der Waals surface area contributed by atoms with Gasteiger partial charge < -0.3 is 9.47 Å². The molecule has 0 heterocycles. The average molecular weight is 286 g/mol. The molecule has 0 aromatic heterocycles. The second-order valence-corrected chi connectivity index (χ2v) is 7.01. The van der Waals surface area contributed by atoms with Gasteiger partial charge >= 0.3 is 5.97 Å². The highest BCUT2D eigenvalue weighted by Crippen LogP contribution is 2.17. The first kappa shape index (κ1) is 15.5. The van der Waals surface area contributed by atoms with Gasteiger partial charge in [0, 0.05) is 0 Å². The van der Waals surface area contributed by atoms with Crippen LogP contribution < -0.4 is 4.74 Å². The Bertz CT molecular complexity index is 537. The van der Waals surface area contributed by atoms with Gasteiger partial charge in [-0.1, -0.05) is 0 Å². The summed E-state index contributed by atoms with van der Waals surface area (Å²) in [6.07, 6.45) is 0. The SMILES string of the molecule is COc1ccc(S(=O)(=O)CC(=O)OC(C)(C)C)cc1. The van der Waals surface area contributed by atoms with Crippen LogP contribution in [0.4, 0.5) is 0 Å². The molecule has 0 saturated heterocycles. The molecule has 0 saturated carbocycles. The number of methoxy groups -OCH3 is 1. The molecule has 0 unspecified atom stereocenters. The van der Waals surface area contributed by atoms with E-state index in [1.165, 1.54) is 31.4 Å². The number of benzene rings is 1. The maximum Gasteiger partial charge on any atom is 0.322 e. The van der Waals surface area contributed by atoms with Gasteiger partial charge in [-0.3, -0.25) is 4.79 Å². The van der Waals surface area contributed by atoms with Crippen molar-refractivity contribution in [2.24, 2.45) is 0 Å². The molecule has 0 fully saturated rings. The number of sulfone groups is 1. The van der Waals surface area contributed by atoms with Crippen molar-refractivity contribution >= 4 is 15.8 Å². The fourth-order valence-electron chi connectivity index (χ4n) is 1.39. The van der Waals surface area contributed by atoms with E-state index in [1.54, 1.807) is 20.8 Å². The van der Waals surface area contributed by atoms with Crippen LogP contribution in [0.5, 0.6) is 5.75 Å². The Labute approximate surface area is 113 Å². The van der Waals surface area contributed by atoms with Crippen molar-refractivity contribution in [3.05, 3.63) is 24.3 Å². The Balaban J connectivity index is 2.83. The van der Waals surface area contributed by atoms with Crippen molar-refractivity contribution in [1.29, 1.82) is 0 Å². The van der Waals surface area contributed by atoms with Gasteiger partial charge in [-0.2, -0.15) is 0 Å². The van der Waals surface area contributed by atoms with Crippen LogP contribution in [0, 0.1) is 0 Å². The molecule has 0 N–H and O–H groups in total. The second-order valence-electron chi connectivity index (χ2n) is 5.02. The van der Waals surface area contributed by atoms with Crippen LogP contribution in [0.15, 0.2) is 29.2 Å². The summed E-state index contributed by atoms with van der Waals surface area (Å²) >= 11 is 0. The molecule has 1 rings (SSSR count). The van der Waals surface area contributed by atoms with Crippen LogP contribution in [-0.4, -0.2) is 32.9 Å². The van der Waals surface area contributed by atoms with Gasteiger partial charge in [-0.15, -0.1) is 0 Å². The van der Waals surface area contributed by atoms with Crippen molar-refractivity contribution in [2.45, 2.75) is 31.3 Å². The summed E-state index contributed by atoms with van der Waals surface area (Å²) in [6.45, 7) is 5.06. The Morgan fingerprint density at radius 3 is 2.11 bits per heavy atom. The Morgan fingerprint density at radius 2 is 1.68 bits per heavy atom. The van der Waals surface area contributed by atoms with E-state index in [0.717, 1.165) is 0 Å². The average Bonchev–Trinajstić information content (AvgIpc) is 2.25. The first-order chi connectivity index (χ1) is 8.64. The quantitative estimate of drug-likeness (QED) is 0.789. The Kier molecular flexibility index (Phi) is 4.57. The lowest BCUT2D eigenvalue weighted by atomic mass is 10.2. The van der Waals surface area contributed by atoms with Crippen molar-refractivity contribution in [1.82, 2.24) is 0 Å². The first-order valence-electron chi connectivity index (χ1n) is 5.73. The molecule has 0 aliphatic carbocycles. The van der Waals surface area contributed by atoms with Crippen LogP contribution in [0.3, 0.4) is 0 Å². The van der Waals surface area contributed by atoms with Crippen LogP contribution in [0.25, 0.3) is 0 Å². The van der Waals surface area contributed by atoms with Crippen molar-refractivity contribution in [2.75, 3.05) is 12.9 Å². The number of ether oxygens (including phenoxy) is 2. The molecule has 1 aromatic rings. The molecule has 0 amide bonds. The lowest BCUT2D eigenvalue weighted by Crippen LogP contribution is -2.28. The Hall–Kier alpha value is -1.56. The van der Waals surface area contributed by atoms with Gasteiger partial charge in [0.1, 0.15) is 11.4 Å². The lowest BCUT2D eigenvalue weighted by molar-refractivity contribution is -0.151. The largest absolute Gasteiger partial charge is 0.497 e. The van der Waals surface area contributed by atoms with Crippen molar-refractivity contribution in [3.8, 4) is 5.75 Å². The van der Waals surface area contributed by atoms with E-state index in [-0.39, 0.29) is 4.90 Å². The highest BCUT2D eigenvalue weighted by molar-refractivity contribution is 7.92. The minimum atomic E-state index is -3.69. The maximum absolute atomic E-state index is 12.0. The summed E-state index contributed by atoms with van der Waals surface area (Å²) in [5.74, 6) is -0.879. The van der Waals surface area contributed by atoms with E-state index in [0.29, 0.717) is 5.75 Å². The van der Waals surface area contributed by atoms with Gasteiger partial charge in [0.25, 0.3) is 0 Å². The van der Waals surface area contributed by atoms with Crippen LogP contribution in [0.2, 0.25) is 0 Å². The summed E-state index contributed by atoms with van der Waals surface area (Å²) in [5.41, 5.74) is -0.702. The smallest absolute Gasteiger partial charge is 0.322 e. The second kappa shape index (κ2) is 5.61. The maximum atomic E-state index is 12.0. The van der Waals surface area contributed by atoms with E-state index in [1.807, 2.05) is 0 Å². The summed E-state index contributed by atoms with van der Waals surface area (Å²) in [7, 11) is -2.20. The molecule has 0 aliphatic rings. The molecular weight excluding hydrogens is 268 g/mol. The normalized spacial score (nSPS) is 12.0. The van der Waals surface area contributed by atoms with E-state index >= 15 is 0 Å². The molecule has 5 nitrogen and oxygen atoms in total. The molecule has 0 atom stereocenters. The number of esters is 1. The molecule has 0 spiro atoms. The molecule has 19 heavy (non-hydrogen) atoms. The molecule has 106 valence electrons. The zero-order chi connectivity index (χ0) is 14.7. The summed E-state index contributed by atoms with van der Waals surface area (Å²) in [5, 5.41) is 0. The minimum absolute atomic E-state index is 0.0687. The standard InChI is InChI=1S/C13H18O5S/c1-13(2,3)18-12(14)9-19(15,16)11-7-5-10(17-4)6-8-11/h5-8H,9H2,1-4H3. The van der Waals surface area contributed by atoms with Gasteiger partial charge in [-0.25, -0.2) is 8.42 Å². The molecule has 0 aliphatic heterocycles. The monoisotopic (exact) mass is 286 g/mol. The Morgan fingerprint density at radius 1 is 1.16 bits per heavy atom. The third kappa shape index (κ3) is 4.90. The zero-order valence-electron chi connectivity index (χ0n) is 11.5. The van der Waals surface area contributed by atoms with Gasteiger partial charge in [0.15, 0.2) is 15.6 Å². The number of carbonyl (C=O) groups is 1.